The van der Waals surface area contributed by atoms with Crippen LogP contribution in [0.3, 0.4) is 0 Å². The van der Waals surface area contributed by atoms with E-state index in [2.05, 4.69) is 48.5 Å². The highest BCUT2D eigenvalue weighted by Gasteiger charge is 2.30. The first-order chi connectivity index (χ1) is 44.8. The normalized spacial score (nSPS) is 14.4. The van der Waals surface area contributed by atoms with Gasteiger partial charge in [-0.05, 0) is 43.4 Å². The molecule has 93 heavy (non-hydrogen) atoms. The number of hydrogen-bond acceptors (Lipinski definition) is 15. The molecule has 3 N–H and O–H groups in total. The van der Waals surface area contributed by atoms with E-state index in [0.29, 0.717) is 31.6 Å². The molecule has 552 valence electrons. The van der Waals surface area contributed by atoms with Gasteiger partial charge in [0.15, 0.2) is 12.2 Å². The van der Waals surface area contributed by atoms with Crippen LogP contribution in [-0.2, 0) is 65.4 Å². The van der Waals surface area contributed by atoms with Gasteiger partial charge in [0.1, 0.15) is 19.3 Å². The third-order valence-corrected chi connectivity index (χ3v) is 19.4. The van der Waals surface area contributed by atoms with Crippen molar-refractivity contribution in [3.63, 3.8) is 0 Å². The zero-order chi connectivity index (χ0) is 68.7. The molecule has 0 aliphatic rings. The van der Waals surface area contributed by atoms with E-state index < -0.39 is 97.5 Å². The van der Waals surface area contributed by atoms with Crippen LogP contribution in [0.2, 0.25) is 0 Å². The summed E-state index contributed by atoms with van der Waals surface area (Å²) in [4.78, 5) is 72.6. The first kappa shape index (κ1) is 91.1. The second kappa shape index (κ2) is 64.7. The van der Waals surface area contributed by atoms with Crippen LogP contribution in [0.25, 0.3) is 0 Å². The fourth-order valence-electron chi connectivity index (χ4n) is 11.2. The fourth-order valence-corrected chi connectivity index (χ4v) is 12.8. The lowest BCUT2D eigenvalue weighted by Crippen LogP contribution is -2.30. The highest BCUT2D eigenvalue weighted by molar-refractivity contribution is 7.47. The average Bonchev–Trinajstić information content (AvgIpc) is 3.74. The number of carbonyl (C=O) groups is 4. The Bertz CT molecular complexity index is 1820. The lowest BCUT2D eigenvalue weighted by Gasteiger charge is -2.21. The number of ether oxygens (including phenoxy) is 4. The van der Waals surface area contributed by atoms with Crippen molar-refractivity contribution < 1.29 is 80.2 Å². The van der Waals surface area contributed by atoms with Gasteiger partial charge in [-0.2, -0.15) is 0 Å². The Balaban J connectivity index is 5.15. The highest BCUT2D eigenvalue weighted by atomic mass is 31.2. The molecule has 6 atom stereocenters. The standard InChI is InChI=1S/C74H144O17P2/c1-8-10-11-12-13-14-26-34-41-48-55-71(76)84-62-70(91-74(79)58-51-44-37-30-32-39-46-53-66(5)6)64-89-93(82,83)87-60-68(75)59-86-92(80,81)88-63-69(61-85-72(77)56-49-42-35-29-28-31-38-45-52-65(3)4)90-73(78)57-50-43-36-27-24-22-20-18-16-15-17-19-21-23-25-33-40-47-54-67(7)9-2/h65-70,75H,8-64H2,1-7H3,(H,80,81)(H,82,83)/t67?,68-,69-,70-/m1/s1. The molecule has 17 nitrogen and oxygen atoms in total. The second-order valence-electron chi connectivity index (χ2n) is 27.9. The topological polar surface area (TPSA) is 237 Å². The largest absolute Gasteiger partial charge is 0.472 e. The van der Waals surface area contributed by atoms with Crippen LogP contribution in [0, 0.1) is 17.8 Å². The Morgan fingerprint density at radius 1 is 0.312 bits per heavy atom. The molecule has 0 spiro atoms. The van der Waals surface area contributed by atoms with Gasteiger partial charge >= 0.3 is 39.5 Å². The number of aliphatic hydroxyl groups is 1. The van der Waals surface area contributed by atoms with Crippen LogP contribution in [-0.4, -0.2) is 96.7 Å². The monoisotopic (exact) mass is 1370 g/mol. The number of unbranched alkanes of at least 4 members (excludes halogenated alkanes) is 39. The molecule has 0 saturated carbocycles. The SMILES string of the molecule is CCCCCCCCCCCCC(=O)OC[C@H](COP(=O)(O)OC[C@H](O)COP(=O)(O)OC[C@@H](COC(=O)CCCCCCCCCCC(C)C)OC(=O)CCCCCCCCCCCCCCCCCCCCC(C)CC)OC(=O)CCCCCCCCCC(C)C. The van der Waals surface area contributed by atoms with E-state index in [4.69, 9.17) is 37.0 Å². The molecule has 0 radical (unpaired) electrons. The van der Waals surface area contributed by atoms with Crippen molar-refractivity contribution in [3.05, 3.63) is 0 Å². The van der Waals surface area contributed by atoms with Crippen LogP contribution in [0.1, 0.15) is 376 Å². The first-order valence-corrected chi connectivity index (χ1v) is 41.4. The summed E-state index contributed by atoms with van der Waals surface area (Å²) in [5.41, 5.74) is 0. The lowest BCUT2D eigenvalue weighted by atomic mass is 9.99. The number of rotatable bonds is 72. The molecular weight excluding hydrogens is 1220 g/mol. The predicted octanol–water partition coefficient (Wildman–Crippen LogP) is 21.4. The Morgan fingerprint density at radius 2 is 0.548 bits per heavy atom. The molecule has 19 heteroatoms. The van der Waals surface area contributed by atoms with Gasteiger partial charge in [-0.25, -0.2) is 9.13 Å². The molecule has 3 unspecified atom stereocenters. The predicted molar refractivity (Wildman–Crippen MR) is 377 cm³/mol. The van der Waals surface area contributed by atoms with Crippen LogP contribution < -0.4 is 0 Å². The maximum absolute atomic E-state index is 13.0. The minimum atomic E-state index is -4.95. The summed E-state index contributed by atoms with van der Waals surface area (Å²) in [5, 5.41) is 10.6. The van der Waals surface area contributed by atoms with Gasteiger partial charge in [-0.15, -0.1) is 0 Å². The molecule has 0 aromatic rings. The Labute approximate surface area is 568 Å². The number of esters is 4. The van der Waals surface area contributed by atoms with Gasteiger partial charge in [-0.1, -0.05) is 325 Å². The molecule has 0 saturated heterocycles. The maximum atomic E-state index is 13.0. The highest BCUT2D eigenvalue weighted by Crippen LogP contribution is 2.45. The van der Waals surface area contributed by atoms with E-state index in [0.717, 1.165) is 102 Å². The maximum Gasteiger partial charge on any atom is 0.472 e. The molecule has 0 heterocycles. The van der Waals surface area contributed by atoms with Gasteiger partial charge in [0, 0.05) is 25.7 Å². The van der Waals surface area contributed by atoms with Crippen molar-refractivity contribution in [1.82, 2.24) is 0 Å². The van der Waals surface area contributed by atoms with Crippen molar-refractivity contribution in [2.75, 3.05) is 39.6 Å². The van der Waals surface area contributed by atoms with Crippen molar-refractivity contribution in [1.29, 1.82) is 0 Å². The van der Waals surface area contributed by atoms with Gasteiger partial charge in [0.2, 0.25) is 0 Å². The second-order valence-corrected chi connectivity index (χ2v) is 30.8. The quantitative estimate of drug-likeness (QED) is 0.0222. The summed E-state index contributed by atoms with van der Waals surface area (Å²) < 4.78 is 68.3. The summed E-state index contributed by atoms with van der Waals surface area (Å²) in [6, 6.07) is 0. The average molecular weight is 1370 g/mol. The fraction of sp³-hybridized carbons (Fsp3) is 0.946. The Hall–Kier alpha value is -1.94. The molecule has 0 aliphatic carbocycles. The molecule has 0 aromatic heterocycles. The zero-order valence-corrected chi connectivity index (χ0v) is 62.5. The van der Waals surface area contributed by atoms with Crippen LogP contribution in [0.5, 0.6) is 0 Å². The summed E-state index contributed by atoms with van der Waals surface area (Å²) in [5.74, 6) is 0.168. The van der Waals surface area contributed by atoms with E-state index in [9.17, 15) is 43.2 Å². The van der Waals surface area contributed by atoms with Crippen molar-refractivity contribution >= 4 is 39.5 Å². The molecule has 0 bridgehead atoms. The van der Waals surface area contributed by atoms with Crippen molar-refractivity contribution in [3.8, 4) is 0 Å². The number of aliphatic hydroxyl groups excluding tert-OH is 1. The summed E-state index contributed by atoms with van der Waals surface area (Å²) in [6.07, 6.45) is 50.2. The molecule has 0 aliphatic heterocycles. The summed E-state index contributed by atoms with van der Waals surface area (Å²) >= 11 is 0. The van der Waals surface area contributed by atoms with Crippen LogP contribution in [0.15, 0.2) is 0 Å². The molecule has 0 aromatic carbocycles. The van der Waals surface area contributed by atoms with Gasteiger partial charge < -0.3 is 33.8 Å². The van der Waals surface area contributed by atoms with E-state index >= 15 is 0 Å². The minimum absolute atomic E-state index is 0.103. The molecule has 0 fully saturated rings. The number of hydrogen-bond donors (Lipinski definition) is 3. The van der Waals surface area contributed by atoms with E-state index in [1.165, 1.54) is 186 Å². The van der Waals surface area contributed by atoms with Crippen molar-refractivity contribution in [2.24, 2.45) is 17.8 Å². The Morgan fingerprint density at radius 3 is 0.817 bits per heavy atom. The number of phosphoric ester groups is 2. The smallest absolute Gasteiger partial charge is 0.462 e. The summed E-state index contributed by atoms with van der Waals surface area (Å²) in [6.45, 7) is 11.8. The minimum Gasteiger partial charge on any atom is -0.462 e. The van der Waals surface area contributed by atoms with Gasteiger partial charge in [0.05, 0.1) is 26.4 Å². The van der Waals surface area contributed by atoms with Crippen LogP contribution in [0.4, 0.5) is 0 Å². The third kappa shape index (κ3) is 67.0. The van der Waals surface area contributed by atoms with E-state index in [1.54, 1.807) is 0 Å². The lowest BCUT2D eigenvalue weighted by molar-refractivity contribution is -0.161. The zero-order valence-electron chi connectivity index (χ0n) is 60.7. The number of phosphoric acid groups is 2. The molecular formula is C74H144O17P2. The molecule has 0 rings (SSSR count). The number of carbonyl (C=O) groups excluding carboxylic acids is 4. The van der Waals surface area contributed by atoms with Crippen molar-refractivity contribution in [2.45, 2.75) is 394 Å². The van der Waals surface area contributed by atoms with Gasteiger partial charge in [0.25, 0.3) is 0 Å². The molecule has 0 amide bonds. The summed E-state index contributed by atoms with van der Waals surface area (Å²) in [7, 11) is -9.90. The Kier molecular flexibility index (Phi) is 63.4. The first-order valence-electron chi connectivity index (χ1n) is 38.4. The van der Waals surface area contributed by atoms with Crippen LogP contribution >= 0.6 is 15.6 Å². The van der Waals surface area contributed by atoms with E-state index in [1.807, 2.05) is 0 Å². The van der Waals surface area contributed by atoms with Gasteiger partial charge in [-0.3, -0.25) is 37.3 Å². The third-order valence-electron chi connectivity index (χ3n) is 17.5. The van der Waals surface area contributed by atoms with E-state index in [-0.39, 0.29) is 25.7 Å².